The topological polar surface area (TPSA) is 170 Å². The van der Waals surface area contributed by atoms with Gasteiger partial charge in [-0.25, -0.2) is 13.3 Å². The van der Waals surface area contributed by atoms with Gasteiger partial charge in [-0.2, -0.15) is 0 Å². The van der Waals surface area contributed by atoms with Crippen LogP contribution in [0.3, 0.4) is 0 Å². The molecule has 1 heterocycles. The van der Waals surface area contributed by atoms with Gasteiger partial charge >= 0.3 is 0 Å². The molecular weight excluding hydrogens is 528 g/mol. The molecular formula is C26H18N4O8S. The maximum Gasteiger partial charge on any atom is 0.270 e. The van der Waals surface area contributed by atoms with Crippen molar-refractivity contribution in [3.8, 4) is 0 Å². The average molecular weight is 547 g/mol. The number of non-ortho nitro benzene ring substituents is 2. The Morgan fingerprint density at radius 2 is 1.28 bits per heavy atom. The number of nitrogens with zero attached hydrogens (tertiary/aromatic N) is 3. The van der Waals surface area contributed by atoms with Gasteiger partial charge in [0.05, 0.1) is 31.6 Å². The molecule has 4 aromatic carbocycles. The number of nitro benzene ring substituents is 2. The van der Waals surface area contributed by atoms with Gasteiger partial charge in [-0.05, 0) is 66.8 Å². The number of nitro groups is 2. The molecule has 13 heteroatoms. The number of rotatable bonds is 6. The highest BCUT2D eigenvalue weighted by Gasteiger charge is 2.37. The number of sulfonamides is 1. The molecule has 1 N–H and O–H groups in total. The Morgan fingerprint density at radius 3 is 1.77 bits per heavy atom. The third-order valence-electron chi connectivity index (χ3n) is 6.47. The second kappa shape index (κ2) is 8.99. The average Bonchev–Trinajstić information content (AvgIpc) is 2.88. The largest absolute Gasteiger partial charge is 0.280 e. The monoisotopic (exact) mass is 546 g/mol. The first-order chi connectivity index (χ1) is 18.4. The summed E-state index contributed by atoms with van der Waals surface area (Å²) in [6.07, 6.45) is 0. The minimum atomic E-state index is -4.02. The number of benzene rings is 4. The van der Waals surface area contributed by atoms with E-state index in [0.29, 0.717) is 10.6 Å². The number of carbonyl (C=O) groups excluding carboxylic acids is 2. The predicted octanol–water partition coefficient (Wildman–Crippen LogP) is 4.87. The van der Waals surface area contributed by atoms with Crippen molar-refractivity contribution >= 4 is 55.4 Å². The summed E-state index contributed by atoms with van der Waals surface area (Å²) in [6, 6.07) is 14.1. The van der Waals surface area contributed by atoms with Crippen molar-refractivity contribution in [3.05, 3.63) is 109 Å². The molecule has 39 heavy (non-hydrogen) atoms. The molecule has 5 rings (SSSR count). The molecule has 0 aromatic heterocycles. The molecule has 1 aliphatic heterocycles. The summed E-state index contributed by atoms with van der Waals surface area (Å²) in [6.45, 7) is 3.74. The highest BCUT2D eigenvalue weighted by molar-refractivity contribution is 7.92. The van der Waals surface area contributed by atoms with Gasteiger partial charge in [0.15, 0.2) is 0 Å². The zero-order valence-corrected chi connectivity index (χ0v) is 21.2. The Labute approximate surface area is 220 Å². The summed E-state index contributed by atoms with van der Waals surface area (Å²) in [5.74, 6) is -1.78. The van der Waals surface area contributed by atoms with Crippen molar-refractivity contribution in [2.45, 2.75) is 18.7 Å². The van der Waals surface area contributed by atoms with Gasteiger partial charge in [-0.1, -0.05) is 6.07 Å². The highest BCUT2D eigenvalue weighted by atomic mass is 32.2. The van der Waals surface area contributed by atoms with Crippen LogP contribution in [0, 0.1) is 34.1 Å². The maximum atomic E-state index is 13.4. The number of anilines is 2. The van der Waals surface area contributed by atoms with E-state index in [2.05, 4.69) is 4.72 Å². The number of amides is 2. The smallest absolute Gasteiger partial charge is 0.270 e. The first-order valence-corrected chi connectivity index (χ1v) is 12.9. The maximum absolute atomic E-state index is 13.4. The van der Waals surface area contributed by atoms with Crippen LogP contribution in [0.5, 0.6) is 0 Å². The Kier molecular flexibility index (Phi) is 5.87. The van der Waals surface area contributed by atoms with E-state index < -0.39 is 43.1 Å². The van der Waals surface area contributed by atoms with Gasteiger partial charge < -0.3 is 0 Å². The number of imide groups is 1. The van der Waals surface area contributed by atoms with E-state index >= 15 is 0 Å². The summed E-state index contributed by atoms with van der Waals surface area (Å²) in [5, 5.41) is 23.0. The summed E-state index contributed by atoms with van der Waals surface area (Å²) in [5.41, 5.74) is 0.891. The first-order valence-electron chi connectivity index (χ1n) is 11.4. The molecule has 0 bridgehead atoms. The molecule has 0 atom stereocenters. The molecule has 0 unspecified atom stereocenters. The van der Waals surface area contributed by atoms with Crippen LogP contribution >= 0.6 is 0 Å². The van der Waals surface area contributed by atoms with E-state index in [1.807, 2.05) is 13.8 Å². The lowest BCUT2D eigenvalue weighted by Crippen LogP contribution is -2.40. The zero-order chi connectivity index (χ0) is 28.2. The van der Waals surface area contributed by atoms with Gasteiger partial charge in [0.1, 0.15) is 0 Å². The second-order valence-corrected chi connectivity index (χ2v) is 10.6. The fraction of sp³-hybridized carbons (Fsp3) is 0.0769. The van der Waals surface area contributed by atoms with Crippen molar-refractivity contribution in [2.75, 3.05) is 9.62 Å². The van der Waals surface area contributed by atoms with Crippen LogP contribution in [-0.2, 0) is 10.0 Å². The van der Waals surface area contributed by atoms with E-state index in [1.54, 1.807) is 18.2 Å². The van der Waals surface area contributed by atoms with Crippen molar-refractivity contribution < 1.29 is 27.9 Å². The number of carbonyl (C=O) groups is 2. The molecule has 0 spiro atoms. The number of hydrogen-bond donors (Lipinski definition) is 1. The van der Waals surface area contributed by atoms with Crippen molar-refractivity contribution in [1.82, 2.24) is 0 Å². The molecule has 0 aliphatic carbocycles. The third kappa shape index (κ3) is 4.34. The van der Waals surface area contributed by atoms with E-state index in [-0.39, 0.29) is 32.5 Å². The fourth-order valence-corrected chi connectivity index (χ4v) is 5.44. The number of aryl methyl sites for hydroxylation is 2. The third-order valence-corrected chi connectivity index (χ3v) is 7.87. The van der Waals surface area contributed by atoms with Crippen LogP contribution in [0.4, 0.5) is 22.7 Å². The molecule has 12 nitrogen and oxygen atoms in total. The lowest BCUT2D eigenvalue weighted by atomic mass is 9.92. The Bertz CT molecular complexity index is 1800. The van der Waals surface area contributed by atoms with Crippen LogP contribution < -0.4 is 9.62 Å². The van der Waals surface area contributed by atoms with Gasteiger partial charge in [0.25, 0.3) is 33.2 Å². The molecule has 1 aliphatic rings. The van der Waals surface area contributed by atoms with Gasteiger partial charge in [-0.15, -0.1) is 0 Å². The molecule has 0 saturated carbocycles. The summed E-state index contributed by atoms with van der Waals surface area (Å²) in [7, 11) is -4.02. The molecule has 4 aromatic rings. The van der Waals surface area contributed by atoms with Gasteiger partial charge in [0.2, 0.25) is 0 Å². The SMILES string of the molecule is Cc1ccc(NS(=O)(=O)c2ccc(N3C(=O)c4cc([N+](=O)[O-])cc5cc([N+](=O)[O-])cc(c45)C3=O)cc2)cc1C. The van der Waals surface area contributed by atoms with Gasteiger partial charge in [-0.3, -0.25) is 34.5 Å². The van der Waals surface area contributed by atoms with Crippen molar-refractivity contribution in [3.63, 3.8) is 0 Å². The van der Waals surface area contributed by atoms with Crippen LogP contribution in [0.1, 0.15) is 31.8 Å². The van der Waals surface area contributed by atoms with E-state index in [1.165, 1.54) is 24.3 Å². The summed E-state index contributed by atoms with van der Waals surface area (Å²) < 4.78 is 28.3. The van der Waals surface area contributed by atoms with E-state index in [4.69, 9.17) is 0 Å². The highest BCUT2D eigenvalue weighted by Crippen LogP contribution is 2.38. The van der Waals surface area contributed by atoms with Crippen LogP contribution in [0.2, 0.25) is 0 Å². The van der Waals surface area contributed by atoms with Crippen molar-refractivity contribution in [1.29, 1.82) is 0 Å². The standard InChI is InChI=1S/C26H18N4O8S/c1-14-3-4-17(9-15(14)2)27-39(37,38)21-7-5-18(6-8-21)28-25(31)22-12-19(29(33)34)10-16-11-20(30(35)36)13-23(24(16)22)26(28)32/h3-13,27H,1-2H3. The molecule has 0 saturated heterocycles. The second-order valence-electron chi connectivity index (χ2n) is 8.94. The van der Waals surface area contributed by atoms with E-state index in [0.717, 1.165) is 35.4 Å². The van der Waals surface area contributed by atoms with Crippen LogP contribution in [0.25, 0.3) is 10.8 Å². The minimum Gasteiger partial charge on any atom is -0.280 e. The summed E-state index contributed by atoms with van der Waals surface area (Å²) in [4.78, 5) is 48.8. The Hall–Kier alpha value is -5.17. The summed E-state index contributed by atoms with van der Waals surface area (Å²) >= 11 is 0. The normalized spacial score (nSPS) is 13.0. The van der Waals surface area contributed by atoms with E-state index in [9.17, 15) is 38.2 Å². The number of nitrogens with one attached hydrogen (secondary N) is 1. The first kappa shape index (κ1) is 25.5. The number of hydrogen-bond acceptors (Lipinski definition) is 8. The lowest BCUT2D eigenvalue weighted by Gasteiger charge is -2.27. The lowest BCUT2D eigenvalue weighted by molar-refractivity contribution is -0.385. The Morgan fingerprint density at radius 1 is 0.744 bits per heavy atom. The molecule has 196 valence electrons. The minimum absolute atomic E-state index is 0.00334. The molecule has 0 fully saturated rings. The predicted molar refractivity (Wildman–Crippen MR) is 142 cm³/mol. The van der Waals surface area contributed by atoms with Crippen LogP contribution in [0.15, 0.2) is 71.6 Å². The fourth-order valence-electron chi connectivity index (χ4n) is 4.39. The van der Waals surface area contributed by atoms with Crippen LogP contribution in [-0.4, -0.2) is 30.1 Å². The molecule has 0 radical (unpaired) electrons. The Balaban J connectivity index is 1.56. The van der Waals surface area contributed by atoms with Gasteiger partial charge in [0, 0.05) is 35.3 Å². The van der Waals surface area contributed by atoms with Crippen molar-refractivity contribution in [2.24, 2.45) is 0 Å². The molecule has 2 amide bonds. The quantitative estimate of drug-likeness (QED) is 0.203. The zero-order valence-electron chi connectivity index (χ0n) is 20.4.